The van der Waals surface area contributed by atoms with E-state index in [2.05, 4.69) is 32.9 Å². The van der Waals surface area contributed by atoms with Gasteiger partial charge in [0.25, 0.3) is 0 Å². The second kappa shape index (κ2) is 8.22. The Morgan fingerprint density at radius 1 is 1.27 bits per heavy atom. The molecule has 0 heterocycles. The molecule has 0 radical (unpaired) electrons. The Bertz CT molecular complexity index is 265. The van der Waals surface area contributed by atoms with Crippen molar-refractivity contribution in [2.45, 2.75) is 40.5 Å². The molecule has 0 aliphatic heterocycles. The molecule has 0 aliphatic carbocycles. The highest BCUT2D eigenvalue weighted by atomic mass is 16.1. The first kappa shape index (κ1) is 13.9. The summed E-state index contributed by atoms with van der Waals surface area (Å²) in [4.78, 5) is 10.3. The number of carbonyl (C=O) groups is 1. The predicted octanol–water partition coefficient (Wildman–Crippen LogP) is 4.07. The monoisotopic (exact) mass is 206 g/mol. The molecule has 0 saturated carbocycles. The Balaban J connectivity index is 3.94. The maximum Gasteiger partial charge on any atom is 0.126 e. The Hall–Kier alpha value is -1.11. The van der Waals surface area contributed by atoms with Crippen LogP contribution in [0.4, 0.5) is 0 Å². The number of allylic oxidation sites excluding steroid dienone is 6. The fraction of sp³-hybridized carbons (Fsp3) is 0.500. The van der Waals surface area contributed by atoms with E-state index in [1.807, 2.05) is 19.1 Å². The van der Waals surface area contributed by atoms with Crippen molar-refractivity contribution in [2.24, 2.45) is 5.92 Å². The average molecular weight is 206 g/mol. The van der Waals surface area contributed by atoms with Gasteiger partial charge in [-0.1, -0.05) is 42.4 Å². The second-order valence-corrected chi connectivity index (χ2v) is 4.21. The fourth-order valence-electron chi connectivity index (χ4n) is 1.11. The molecule has 0 aliphatic rings. The largest absolute Gasteiger partial charge is 0.303 e. The first-order chi connectivity index (χ1) is 7.06. The normalized spacial score (nSPS) is 14.0. The summed E-state index contributed by atoms with van der Waals surface area (Å²) in [6.07, 6.45) is 11.3. The molecule has 0 saturated heterocycles. The second-order valence-electron chi connectivity index (χ2n) is 4.21. The Kier molecular flexibility index (Phi) is 7.61. The van der Waals surface area contributed by atoms with E-state index in [0.717, 1.165) is 19.1 Å². The summed E-state index contributed by atoms with van der Waals surface area (Å²) in [6.45, 7) is 8.24. The lowest BCUT2D eigenvalue weighted by Crippen LogP contribution is -1.87. The minimum atomic E-state index is 0.0202. The third-order valence-corrected chi connectivity index (χ3v) is 2.10. The van der Waals surface area contributed by atoms with Crippen molar-refractivity contribution >= 4 is 6.29 Å². The highest BCUT2D eigenvalue weighted by Gasteiger charge is 1.90. The van der Waals surface area contributed by atoms with Crippen molar-refractivity contribution in [2.75, 3.05) is 0 Å². The molecule has 0 amide bonds. The van der Waals surface area contributed by atoms with E-state index in [1.165, 1.54) is 11.1 Å². The quantitative estimate of drug-likeness (QED) is 0.364. The third kappa shape index (κ3) is 9.20. The Morgan fingerprint density at radius 3 is 2.47 bits per heavy atom. The Morgan fingerprint density at radius 2 is 1.93 bits per heavy atom. The zero-order valence-corrected chi connectivity index (χ0v) is 10.3. The topological polar surface area (TPSA) is 17.1 Å². The average Bonchev–Trinajstić information content (AvgIpc) is 2.17. The summed E-state index contributed by atoms with van der Waals surface area (Å²) in [6, 6.07) is 0. The lowest BCUT2D eigenvalue weighted by molar-refractivity contribution is -0.109. The van der Waals surface area contributed by atoms with Gasteiger partial charge in [0.05, 0.1) is 0 Å². The van der Waals surface area contributed by atoms with E-state index in [4.69, 9.17) is 0 Å². The van der Waals surface area contributed by atoms with Gasteiger partial charge in [0.15, 0.2) is 0 Å². The third-order valence-electron chi connectivity index (χ3n) is 2.10. The van der Waals surface area contributed by atoms with E-state index in [-0.39, 0.29) is 5.92 Å². The first-order valence-electron chi connectivity index (χ1n) is 5.49. The number of rotatable bonds is 6. The Labute approximate surface area is 93.6 Å². The van der Waals surface area contributed by atoms with Crippen LogP contribution in [0.5, 0.6) is 0 Å². The zero-order valence-electron chi connectivity index (χ0n) is 10.3. The fourth-order valence-corrected chi connectivity index (χ4v) is 1.11. The van der Waals surface area contributed by atoms with Gasteiger partial charge < -0.3 is 4.79 Å². The maximum absolute atomic E-state index is 10.3. The van der Waals surface area contributed by atoms with Crippen LogP contribution in [-0.4, -0.2) is 6.29 Å². The van der Waals surface area contributed by atoms with Crippen LogP contribution in [0.25, 0.3) is 0 Å². The van der Waals surface area contributed by atoms with E-state index >= 15 is 0 Å². The molecule has 0 aromatic heterocycles. The molecular weight excluding hydrogens is 184 g/mol. The van der Waals surface area contributed by atoms with Crippen molar-refractivity contribution in [3.8, 4) is 0 Å². The van der Waals surface area contributed by atoms with Gasteiger partial charge in [-0.15, -0.1) is 0 Å². The summed E-state index contributed by atoms with van der Waals surface area (Å²) < 4.78 is 0. The number of aldehydes is 1. The highest BCUT2D eigenvalue weighted by Crippen LogP contribution is 2.07. The van der Waals surface area contributed by atoms with Gasteiger partial charge in [-0.3, -0.25) is 0 Å². The number of hydrogen-bond acceptors (Lipinski definition) is 1. The van der Waals surface area contributed by atoms with Gasteiger partial charge in [-0.25, -0.2) is 0 Å². The molecule has 1 nitrogen and oxygen atoms in total. The van der Waals surface area contributed by atoms with Crippen LogP contribution in [-0.2, 0) is 4.79 Å². The molecule has 0 aromatic carbocycles. The summed E-state index contributed by atoms with van der Waals surface area (Å²) in [5.74, 6) is 0.0202. The van der Waals surface area contributed by atoms with Crippen molar-refractivity contribution in [3.63, 3.8) is 0 Å². The molecule has 0 rings (SSSR count). The van der Waals surface area contributed by atoms with E-state index < -0.39 is 0 Å². The van der Waals surface area contributed by atoms with Gasteiger partial charge >= 0.3 is 0 Å². The molecule has 84 valence electrons. The molecule has 0 spiro atoms. The molecule has 0 N–H and O–H groups in total. The SMILES string of the molecule is CC(C)=CCCC(C)=CC=CC(C)C=O. The van der Waals surface area contributed by atoms with Gasteiger partial charge in [0.1, 0.15) is 6.29 Å². The standard InChI is InChI=1S/C14H22O/c1-12(2)7-5-8-13(3)9-6-10-14(4)11-15/h6-7,9-11,14H,5,8H2,1-4H3. The van der Waals surface area contributed by atoms with Crippen LogP contribution in [0.2, 0.25) is 0 Å². The highest BCUT2D eigenvalue weighted by molar-refractivity contribution is 5.55. The zero-order chi connectivity index (χ0) is 11.7. The minimum absolute atomic E-state index is 0.0202. The predicted molar refractivity (Wildman–Crippen MR) is 66.8 cm³/mol. The first-order valence-corrected chi connectivity index (χ1v) is 5.49. The lowest BCUT2D eigenvalue weighted by Gasteiger charge is -1.97. The minimum Gasteiger partial charge on any atom is -0.303 e. The number of hydrogen-bond donors (Lipinski definition) is 0. The van der Waals surface area contributed by atoms with Crippen LogP contribution in [0, 0.1) is 5.92 Å². The van der Waals surface area contributed by atoms with Crippen molar-refractivity contribution in [1.29, 1.82) is 0 Å². The van der Waals surface area contributed by atoms with Crippen molar-refractivity contribution in [1.82, 2.24) is 0 Å². The summed E-state index contributed by atoms with van der Waals surface area (Å²) in [5.41, 5.74) is 2.72. The van der Waals surface area contributed by atoms with Crippen LogP contribution < -0.4 is 0 Å². The lowest BCUT2D eigenvalue weighted by atomic mass is 10.1. The molecule has 0 aromatic rings. The van der Waals surface area contributed by atoms with Crippen LogP contribution in [0.1, 0.15) is 40.5 Å². The van der Waals surface area contributed by atoms with E-state index in [1.54, 1.807) is 0 Å². The van der Waals surface area contributed by atoms with Crippen molar-refractivity contribution in [3.05, 3.63) is 35.5 Å². The molecule has 1 atom stereocenters. The van der Waals surface area contributed by atoms with Crippen LogP contribution in [0.3, 0.4) is 0 Å². The number of carbonyl (C=O) groups excluding carboxylic acids is 1. The van der Waals surface area contributed by atoms with Gasteiger partial charge in [0, 0.05) is 5.92 Å². The maximum atomic E-state index is 10.3. The summed E-state index contributed by atoms with van der Waals surface area (Å²) >= 11 is 0. The van der Waals surface area contributed by atoms with E-state index in [0.29, 0.717) is 0 Å². The smallest absolute Gasteiger partial charge is 0.126 e. The molecule has 1 unspecified atom stereocenters. The van der Waals surface area contributed by atoms with Crippen LogP contribution in [0.15, 0.2) is 35.5 Å². The molecule has 0 bridgehead atoms. The summed E-state index contributed by atoms with van der Waals surface area (Å²) in [7, 11) is 0. The molecular formula is C14H22O. The van der Waals surface area contributed by atoms with Gasteiger partial charge in [-0.05, 0) is 33.6 Å². The van der Waals surface area contributed by atoms with E-state index in [9.17, 15) is 4.79 Å². The molecule has 1 heteroatoms. The molecule has 0 fully saturated rings. The van der Waals surface area contributed by atoms with Crippen LogP contribution >= 0.6 is 0 Å². The van der Waals surface area contributed by atoms with Gasteiger partial charge in [0.2, 0.25) is 0 Å². The summed E-state index contributed by atoms with van der Waals surface area (Å²) in [5, 5.41) is 0. The van der Waals surface area contributed by atoms with Gasteiger partial charge in [-0.2, -0.15) is 0 Å². The van der Waals surface area contributed by atoms with Crippen molar-refractivity contribution < 1.29 is 4.79 Å². The molecule has 15 heavy (non-hydrogen) atoms.